The normalized spacial score (nSPS) is 19.3. The van der Waals surface area contributed by atoms with Crippen LogP contribution in [-0.4, -0.2) is 49.3 Å². The van der Waals surface area contributed by atoms with Crippen LogP contribution in [0, 0.1) is 0 Å². The van der Waals surface area contributed by atoms with E-state index in [1.54, 1.807) is 0 Å². The summed E-state index contributed by atoms with van der Waals surface area (Å²) in [7, 11) is 0. The van der Waals surface area contributed by atoms with Gasteiger partial charge in [0.2, 0.25) is 5.84 Å². The SMILES string of the molecule is CC(=O)OCCCCCN=C1C2=C(C(F)(F)F)NC(C(F)(F)F)=NC2NN1c1c(Cl)cc(C(F)(F)F)cc1Cl. The number of hydrazine groups is 1. The Morgan fingerprint density at radius 2 is 1.62 bits per heavy atom. The number of unbranched alkanes of at least 4 members (excludes halogenated alkanes) is 2. The number of fused-ring (bicyclic) bond motifs is 1. The molecular weight excluding hydrogens is 596 g/mol. The van der Waals surface area contributed by atoms with Gasteiger partial charge in [-0.25, -0.2) is 4.99 Å². The van der Waals surface area contributed by atoms with Crippen molar-refractivity contribution < 1.29 is 49.0 Å². The van der Waals surface area contributed by atoms with Gasteiger partial charge in [-0.2, -0.15) is 44.9 Å². The number of amidine groups is 2. The van der Waals surface area contributed by atoms with E-state index < -0.39 is 74.9 Å². The molecule has 1 aromatic rings. The molecule has 1 unspecified atom stereocenters. The Labute approximate surface area is 224 Å². The summed E-state index contributed by atoms with van der Waals surface area (Å²) in [4.78, 5) is 18.2. The number of hydrogen-bond acceptors (Lipinski definition) is 6. The molecule has 3 rings (SSSR count). The highest BCUT2D eigenvalue weighted by atomic mass is 35.5. The van der Waals surface area contributed by atoms with Crippen molar-refractivity contribution in [2.45, 2.75) is 50.9 Å². The van der Waals surface area contributed by atoms with Gasteiger partial charge >= 0.3 is 24.5 Å². The molecule has 7 nitrogen and oxygen atoms in total. The summed E-state index contributed by atoms with van der Waals surface area (Å²) < 4.78 is 126. The third-order valence-corrected chi connectivity index (χ3v) is 5.81. The highest BCUT2D eigenvalue weighted by Crippen LogP contribution is 2.43. The topological polar surface area (TPSA) is 78.3 Å². The highest BCUT2D eigenvalue weighted by molar-refractivity contribution is 6.40. The lowest BCUT2D eigenvalue weighted by molar-refractivity contribution is -0.141. The standard InChI is InChI=1S/C21H18Cl2F9N5O2/c1-9(38)39-6-4-2-3-5-33-17-13-15(20(27,28)29)34-18(21(30,31)32)35-16(13)36-37(17)14-11(22)7-10(8-12(14)23)19(24,25)26/h7-8,16,36H,2-6H2,1H3,(H,34,35). The maximum absolute atomic E-state index is 13.9. The first-order valence-corrected chi connectivity index (χ1v) is 11.7. The molecule has 0 saturated carbocycles. The molecule has 2 heterocycles. The van der Waals surface area contributed by atoms with Crippen LogP contribution in [0.25, 0.3) is 0 Å². The minimum atomic E-state index is -5.34. The Kier molecular flexibility index (Phi) is 9.02. The van der Waals surface area contributed by atoms with E-state index in [0.29, 0.717) is 30.0 Å². The van der Waals surface area contributed by atoms with E-state index in [0.717, 1.165) is 0 Å². The predicted octanol–water partition coefficient (Wildman–Crippen LogP) is 6.18. The fourth-order valence-electron chi connectivity index (χ4n) is 3.61. The highest BCUT2D eigenvalue weighted by Gasteiger charge is 2.52. The molecule has 1 aromatic carbocycles. The second-order valence-corrected chi connectivity index (χ2v) is 8.96. The van der Waals surface area contributed by atoms with Crippen molar-refractivity contribution >= 4 is 46.5 Å². The minimum Gasteiger partial charge on any atom is -0.466 e. The van der Waals surface area contributed by atoms with E-state index in [1.165, 1.54) is 12.2 Å². The van der Waals surface area contributed by atoms with E-state index in [-0.39, 0.29) is 19.6 Å². The number of halogens is 11. The second kappa shape index (κ2) is 11.4. The van der Waals surface area contributed by atoms with Crippen LogP contribution in [-0.2, 0) is 15.7 Å². The van der Waals surface area contributed by atoms with Gasteiger partial charge in [0.15, 0.2) is 5.84 Å². The Morgan fingerprint density at radius 1 is 1.00 bits per heavy atom. The van der Waals surface area contributed by atoms with Crippen LogP contribution in [0.3, 0.4) is 0 Å². The van der Waals surface area contributed by atoms with Crippen LogP contribution in [0.5, 0.6) is 0 Å². The maximum atomic E-state index is 13.9. The fourth-order valence-corrected chi connectivity index (χ4v) is 4.26. The quantitative estimate of drug-likeness (QED) is 0.218. The largest absolute Gasteiger partial charge is 0.466 e. The molecule has 18 heteroatoms. The molecule has 1 atom stereocenters. The van der Waals surface area contributed by atoms with Gasteiger partial charge in [0, 0.05) is 13.5 Å². The Balaban J connectivity index is 2.07. The molecule has 216 valence electrons. The maximum Gasteiger partial charge on any atom is 0.449 e. The van der Waals surface area contributed by atoms with Crippen molar-refractivity contribution in [3.05, 3.63) is 39.0 Å². The van der Waals surface area contributed by atoms with Gasteiger partial charge in [-0.05, 0) is 31.4 Å². The van der Waals surface area contributed by atoms with Gasteiger partial charge in [0.1, 0.15) is 11.9 Å². The van der Waals surface area contributed by atoms with Crippen LogP contribution in [0.2, 0.25) is 10.0 Å². The number of nitrogens with one attached hydrogen (secondary N) is 2. The van der Waals surface area contributed by atoms with E-state index in [1.807, 2.05) is 0 Å². The number of nitrogens with zero attached hydrogens (tertiary/aromatic N) is 3. The molecule has 0 amide bonds. The molecule has 1 fully saturated rings. The molecule has 2 aliphatic heterocycles. The number of aliphatic imine (C=N–C) groups is 2. The Bertz CT molecular complexity index is 1190. The van der Waals surface area contributed by atoms with Crippen LogP contribution >= 0.6 is 23.2 Å². The molecule has 2 aliphatic rings. The zero-order chi connectivity index (χ0) is 29.3. The first-order valence-electron chi connectivity index (χ1n) is 11.0. The Hall–Kier alpha value is -2.72. The fraction of sp³-hybridized carbons (Fsp3) is 0.476. The summed E-state index contributed by atoms with van der Waals surface area (Å²) in [5, 5.41) is 0.605. The summed E-state index contributed by atoms with van der Waals surface area (Å²) in [6.45, 7) is 1.12. The zero-order valence-electron chi connectivity index (χ0n) is 19.6. The molecule has 0 bridgehead atoms. The van der Waals surface area contributed by atoms with Crippen LogP contribution in [0.4, 0.5) is 45.2 Å². The predicted molar refractivity (Wildman–Crippen MR) is 123 cm³/mol. The number of allylic oxidation sites excluding steroid dienone is 1. The molecular formula is C21H18Cl2F9N5O2. The van der Waals surface area contributed by atoms with E-state index in [2.05, 4.69) is 15.4 Å². The first kappa shape index (κ1) is 30.8. The van der Waals surface area contributed by atoms with Crippen LogP contribution < -0.4 is 15.8 Å². The number of hydrogen-bond donors (Lipinski definition) is 2. The van der Waals surface area contributed by atoms with Crippen molar-refractivity contribution in [2.75, 3.05) is 18.2 Å². The number of ether oxygens (including phenoxy) is 1. The van der Waals surface area contributed by atoms with Crippen molar-refractivity contribution in [3.8, 4) is 0 Å². The van der Waals surface area contributed by atoms with Gasteiger partial charge in [-0.15, -0.1) is 0 Å². The number of anilines is 1. The van der Waals surface area contributed by atoms with Crippen molar-refractivity contribution in [3.63, 3.8) is 0 Å². The number of esters is 1. The molecule has 0 spiro atoms. The summed E-state index contributed by atoms with van der Waals surface area (Å²) in [5.74, 6) is -3.06. The molecule has 0 aliphatic carbocycles. The van der Waals surface area contributed by atoms with Crippen molar-refractivity contribution in [2.24, 2.45) is 9.98 Å². The number of alkyl halides is 9. The second-order valence-electron chi connectivity index (χ2n) is 8.15. The number of carbonyl (C=O) groups is 1. The number of carbonyl (C=O) groups excluding carboxylic acids is 1. The summed E-state index contributed by atoms with van der Waals surface area (Å²) in [6, 6.07) is 0.918. The Morgan fingerprint density at radius 3 is 2.13 bits per heavy atom. The third-order valence-electron chi connectivity index (χ3n) is 5.24. The third kappa shape index (κ3) is 7.28. The van der Waals surface area contributed by atoms with Crippen LogP contribution in [0.15, 0.2) is 33.4 Å². The van der Waals surface area contributed by atoms with Gasteiger partial charge in [0.25, 0.3) is 0 Å². The first-order chi connectivity index (χ1) is 17.9. The number of rotatable bonds is 7. The van der Waals surface area contributed by atoms with Crippen molar-refractivity contribution in [1.29, 1.82) is 0 Å². The van der Waals surface area contributed by atoms with Gasteiger partial charge in [-0.3, -0.25) is 14.8 Å². The zero-order valence-corrected chi connectivity index (χ0v) is 21.1. The average molecular weight is 614 g/mol. The van der Waals surface area contributed by atoms with Gasteiger partial charge in [-0.1, -0.05) is 23.2 Å². The van der Waals surface area contributed by atoms with E-state index in [9.17, 15) is 44.3 Å². The summed E-state index contributed by atoms with van der Waals surface area (Å²) in [6.07, 6.45) is -16.4. The molecule has 0 radical (unpaired) electrons. The molecule has 0 aromatic heterocycles. The number of benzene rings is 1. The molecule has 2 N–H and O–H groups in total. The minimum absolute atomic E-state index is 0.0840. The lowest BCUT2D eigenvalue weighted by Gasteiger charge is -2.25. The smallest absolute Gasteiger partial charge is 0.449 e. The monoisotopic (exact) mass is 613 g/mol. The van der Waals surface area contributed by atoms with Gasteiger partial charge in [0.05, 0.1) is 33.5 Å². The van der Waals surface area contributed by atoms with Crippen LogP contribution in [0.1, 0.15) is 31.7 Å². The lowest BCUT2D eigenvalue weighted by Crippen LogP contribution is -2.47. The summed E-state index contributed by atoms with van der Waals surface area (Å²) in [5.41, 5.74) is -2.13. The molecule has 1 saturated heterocycles. The van der Waals surface area contributed by atoms with Gasteiger partial charge < -0.3 is 10.1 Å². The average Bonchev–Trinajstić information content (AvgIpc) is 3.13. The molecule has 39 heavy (non-hydrogen) atoms. The lowest BCUT2D eigenvalue weighted by atomic mass is 10.1. The van der Waals surface area contributed by atoms with Crippen molar-refractivity contribution in [1.82, 2.24) is 10.7 Å². The summed E-state index contributed by atoms with van der Waals surface area (Å²) >= 11 is 12.0. The van der Waals surface area contributed by atoms with E-state index >= 15 is 0 Å². The van der Waals surface area contributed by atoms with E-state index in [4.69, 9.17) is 27.9 Å².